The summed E-state index contributed by atoms with van der Waals surface area (Å²) >= 11 is 0. The number of anilines is 1. The zero-order valence-corrected chi connectivity index (χ0v) is 9.27. The van der Waals surface area contributed by atoms with Crippen molar-refractivity contribution in [3.63, 3.8) is 0 Å². The summed E-state index contributed by atoms with van der Waals surface area (Å²) < 4.78 is 10.1. The van der Waals surface area contributed by atoms with Gasteiger partial charge >= 0.3 is 6.09 Å². The lowest BCUT2D eigenvalue weighted by molar-refractivity contribution is 0.198. The summed E-state index contributed by atoms with van der Waals surface area (Å²) in [4.78, 5) is 13.1. The Hall–Kier alpha value is -1.97. The Morgan fingerprint density at radius 1 is 1.38 bits per heavy atom. The topological polar surface area (TPSA) is 38.8 Å². The van der Waals surface area contributed by atoms with Crippen LogP contribution in [0.15, 0.2) is 36.1 Å². The van der Waals surface area contributed by atoms with Gasteiger partial charge in [0.25, 0.3) is 0 Å². The average molecular weight is 219 g/mol. The Balaban J connectivity index is 2.21. The van der Waals surface area contributed by atoms with Gasteiger partial charge in [-0.1, -0.05) is 0 Å². The predicted molar refractivity (Wildman–Crippen MR) is 60.6 cm³/mol. The van der Waals surface area contributed by atoms with E-state index in [1.807, 2.05) is 31.2 Å². The molecule has 1 heterocycles. The summed E-state index contributed by atoms with van der Waals surface area (Å²) in [5.74, 6) is 1.45. The number of benzene rings is 1. The molecule has 0 saturated carbocycles. The molecule has 0 atom stereocenters. The van der Waals surface area contributed by atoms with Crippen molar-refractivity contribution in [3.8, 4) is 5.75 Å². The number of nitrogens with zero attached hydrogens (tertiary/aromatic N) is 1. The van der Waals surface area contributed by atoms with Crippen molar-refractivity contribution >= 4 is 11.8 Å². The Kier molecular flexibility index (Phi) is 2.81. The molecule has 1 aliphatic rings. The van der Waals surface area contributed by atoms with Gasteiger partial charge in [-0.05, 0) is 37.3 Å². The highest BCUT2D eigenvalue weighted by Gasteiger charge is 2.27. The van der Waals surface area contributed by atoms with Crippen LogP contribution in [0.4, 0.5) is 10.5 Å². The van der Waals surface area contributed by atoms with E-state index in [9.17, 15) is 4.79 Å². The molecule has 1 saturated heterocycles. The number of methoxy groups -OCH3 is 1. The molecule has 0 aromatic heterocycles. The van der Waals surface area contributed by atoms with Crippen molar-refractivity contribution in [2.24, 2.45) is 0 Å². The summed E-state index contributed by atoms with van der Waals surface area (Å²) in [6, 6.07) is 7.30. The van der Waals surface area contributed by atoms with Crippen LogP contribution < -0.4 is 9.64 Å². The number of allylic oxidation sites excluding steroid dienone is 1. The van der Waals surface area contributed by atoms with Crippen LogP contribution in [0.1, 0.15) is 6.92 Å². The van der Waals surface area contributed by atoms with E-state index in [1.54, 1.807) is 18.1 Å². The van der Waals surface area contributed by atoms with Gasteiger partial charge in [0.1, 0.15) is 11.5 Å². The standard InChI is InChI=1S/C12H13NO3/c1-3-10-8-13(12(14)16-10)9-4-6-11(15-2)7-5-9/h3-7H,8H2,1-2H3/b10-3-. The Bertz CT molecular complexity index is 422. The molecule has 1 fully saturated rings. The SMILES string of the molecule is C/C=C1/CN(c2ccc(OC)cc2)C(=O)O1. The average Bonchev–Trinajstić information content (AvgIpc) is 2.71. The minimum absolute atomic E-state index is 0.335. The Morgan fingerprint density at radius 2 is 2.06 bits per heavy atom. The maximum absolute atomic E-state index is 11.5. The van der Waals surface area contributed by atoms with E-state index in [-0.39, 0.29) is 6.09 Å². The molecule has 16 heavy (non-hydrogen) atoms. The number of amides is 1. The number of rotatable bonds is 2. The second-order valence-corrected chi connectivity index (χ2v) is 3.41. The van der Waals surface area contributed by atoms with Crippen molar-refractivity contribution in [1.29, 1.82) is 0 Å². The maximum Gasteiger partial charge on any atom is 0.419 e. The molecule has 1 aromatic carbocycles. The molecule has 0 aliphatic carbocycles. The molecule has 84 valence electrons. The number of hydrogen-bond donors (Lipinski definition) is 0. The third-order valence-electron chi connectivity index (χ3n) is 2.46. The lowest BCUT2D eigenvalue weighted by atomic mass is 10.3. The molecule has 1 aromatic rings. The van der Waals surface area contributed by atoms with Crippen LogP contribution in [0.2, 0.25) is 0 Å². The molecule has 0 unspecified atom stereocenters. The number of hydrogen-bond acceptors (Lipinski definition) is 3. The van der Waals surface area contributed by atoms with Gasteiger partial charge in [-0.25, -0.2) is 4.79 Å². The van der Waals surface area contributed by atoms with Gasteiger partial charge in [-0.3, -0.25) is 4.90 Å². The molecule has 4 nitrogen and oxygen atoms in total. The molecule has 2 rings (SSSR count). The Labute approximate surface area is 94.1 Å². The highest BCUT2D eigenvalue weighted by molar-refractivity contribution is 5.91. The largest absolute Gasteiger partial charge is 0.497 e. The fraction of sp³-hybridized carbons (Fsp3) is 0.250. The number of cyclic esters (lactones) is 1. The molecule has 0 bridgehead atoms. The summed E-state index contributed by atoms with van der Waals surface area (Å²) in [5.41, 5.74) is 0.808. The van der Waals surface area contributed by atoms with Gasteiger partial charge in [0.15, 0.2) is 0 Å². The fourth-order valence-corrected chi connectivity index (χ4v) is 1.53. The van der Waals surface area contributed by atoms with E-state index in [4.69, 9.17) is 9.47 Å². The van der Waals surface area contributed by atoms with Crippen LogP contribution in [0.5, 0.6) is 5.75 Å². The van der Waals surface area contributed by atoms with Gasteiger partial charge in [0.2, 0.25) is 0 Å². The van der Waals surface area contributed by atoms with Crippen LogP contribution in [0, 0.1) is 0 Å². The molecule has 0 spiro atoms. The monoisotopic (exact) mass is 219 g/mol. The van der Waals surface area contributed by atoms with Crippen molar-refractivity contribution in [2.45, 2.75) is 6.92 Å². The highest BCUT2D eigenvalue weighted by atomic mass is 16.6. The van der Waals surface area contributed by atoms with E-state index in [2.05, 4.69) is 0 Å². The summed E-state index contributed by atoms with van der Waals surface area (Å²) in [7, 11) is 1.61. The van der Waals surface area contributed by atoms with Crippen LogP contribution in [-0.2, 0) is 4.74 Å². The third kappa shape index (κ3) is 1.86. The predicted octanol–water partition coefficient (Wildman–Crippen LogP) is 2.56. The zero-order chi connectivity index (χ0) is 11.5. The molecular formula is C12H13NO3. The molecule has 1 aliphatic heterocycles. The first kappa shape index (κ1) is 10.5. The second kappa shape index (κ2) is 4.26. The Morgan fingerprint density at radius 3 is 2.56 bits per heavy atom. The van der Waals surface area contributed by atoms with Crippen molar-refractivity contribution in [2.75, 3.05) is 18.6 Å². The lowest BCUT2D eigenvalue weighted by Gasteiger charge is -2.12. The smallest absolute Gasteiger partial charge is 0.419 e. The molecule has 1 amide bonds. The number of carbonyl (C=O) groups excluding carboxylic acids is 1. The number of carbonyl (C=O) groups is 1. The van der Waals surface area contributed by atoms with Crippen molar-refractivity contribution < 1.29 is 14.3 Å². The third-order valence-corrected chi connectivity index (χ3v) is 2.46. The van der Waals surface area contributed by atoms with Gasteiger partial charge in [-0.2, -0.15) is 0 Å². The summed E-state index contributed by atoms with van der Waals surface area (Å²) in [6.45, 7) is 2.34. The minimum Gasteiger partial charge on any atom is -0.497 e. The van der Waals surface area contributed by atoms with Crippen LogP contribution >= 0.6 is 0 Å². The van der Waals surface area contributed by atoms with E-state index in [0.29, 0.717) is 12.3 Å². The van der Waals surface area contributed by atoms with Crippen LogP contribution in [-0.4, -0.2) is 19.7 Å². The fourth-order valence-electron chi connectivity index (χ4n) is 1.53. The first-order valence-corrected chi connectivity index (χ1v) is 5.03. The van der Waals surface area contributed by atoms with Crippen molar-refractivity contribution in [1.82, 2.24) is 0 Å². The minimum atomic E-state index is -0.335. The van der Waals surface area contributed by atoms with Crippen LogP contribution in [0.25, 0.3) is 0 Å². The first-order chi connectivity index (χ1) is 7.74. The molecule has 4 heteroatoms. The van der Waals surface area contributed by atoms with E-state index < -0.39 is 0 Å². The lowest BCUT2D eigenvalue weighted by Crippen LogP contribution is -2.22. The highest BCUT2D eigenvalue weighted by Crippen LogP contribution is 2.25. The van der Waals surface area contributed by atoms with Gasteiger partial charge in [-0.15, -0.1) is 0 Å². The second-order valence-electron chi connectivity index (χ2n) is 3.41. The summed E-state index contributed by atoms with van der Waals surface area (Å²) in [5, 5.41) is 0. The van der Waals surface area contributed by atoms with Gasteiger partial charge in [0, 0.05) is 5.69 Å². The molecule has 0 radical (unpaired) electrons. The normalized spacial score (nSPS) is 17.8. The molecular weight excluding hydrogens is 206 g/mol. The van der Waals surface area contributed by atoms with E-state index in [1.165, 1.54) is 0 Å². The molecule has 0 N–H and O–H groups in total. The van der Waals surface area contributed by atoms with E-state index in [0.717, 1.165) is 11.4 Å². The maximum atomic E-state index is 11.5. The van der Waals surface area contributed by atoms with Gasteiger partial charge < -0.3 is 9.47 Å². The van der Waals surface area contributed by atoms with Crippen molar-refractivity contribution in [3.05, 3.63) is 36.1 Å². The zero-order valence-electron chi connectivity index (χ0n) is 9.27. The number of ether oxygens (including phenoxy) is 2. The van der Waals surface area contributed by atoms with E-state index >= 15 is 0 Å². The quantitative estimate of drug-likeness (QED) is 0.767. The summed E-state index contributed by atoms with van der Waals surface area (Å²) in [6.07, 6.45) is 1.46. The van der Waals surface area contributed by atoms with Crippen LogP contribution in [0.3, 0.4) is 0 Å². The van der Waals surface area contributed by atoms with Gasteiger partial charge in [0.05, 0.1) is 13.7 Å². The first-order valence-electron chi connectivity index (χ1n) is 5.03.